The van der Waals surface area contributed by atoms with Crippen LogP contribution in [0, 0.1) is 13.8 Å². The van der Waals surface area contributed by atoms with Crippen LogP contribution in [0.4, 0.5) is 11.4 Å². The highest BCUT2D eigenvalue weighted by atomic mass is 32.2. The molecule has 3 N–H and O–H groups in total. The van der Waals surface area contributed by atoms with E-state index in [1.54, 1.807) is 42.5 Å². The molecule has 8 heteroatoms. The lowest BCUT2D eigenvalue weighted by Gasteiger charge is -2.12. The van der Waals surface area contributed by atoms with Gasteiger partial charge in [-0.1, -0.05) is 48.5 Å². The quantitative estimate of drug-likeness (QED) is 0.167. The first-order valence-electron chi connectivity index (χ1n) is 11.9. The summed E-state index contributed by atoms with van der Waals surface area (Å²) >= 11 is 2.84. The third-order valence-electron chi connectivity index (χ3n) is 5.57. The van der Waals surface area contributed by atoms with Crippen molar-refractivity contribution >= 4 is 58.3 Å². The number of carbonyl (C=O) groups excluding carboxylic acids is 3. The minimum Gasteiger partial charge on any atom is -0.325 e. The Morgan fingerprint density at radius 1 is 0.842 bits per heavy atom. The normalized spacial score (nSPS) is 11.1. The van der Waals surface area contributed by atoms with Gasteiger partial charge in [0.15, 0.2) is 0 Å². The zero-order chi connectivity index (χ0) is 26.9. The topological polar surface area (TPSA) is 87.3 Å². The average Bonchev–Trinajstić information content (AvgIpc) is 3.43. The van der Waals surface area contributed by atoms with Crippen molar-refractivity contribution in [2.75, 3.05) is 16.4 Å². The fraction of sp³-hybridized carbons (Fsp3) is 0.100. The fourth-order valence-electron chi connectivity index (χ4n) is 3.66. The van der Waals surface area contributed by atoms with E-state index in [2.05, 4.69) is 16.0 Å². The summed E-state index contributed by atoms with van der Waals surface area (Å²) in [7, 11) is 0. The highest BCUT2D eigenvalue weighted by molar-refractivity contribution is 8.00. The van der Waals surface area contributed by atoms with Gasteiger partial charge < -0.3 is 16.0 Å². The number of nitrogens with one attached hydrogen (secondary N) is 3. The maximum Gasteiger partial charge on any atom is 0.272 e. The molecule has 38 heavy (non-hydrogen) atoms. The first-order chi connectivity index (χ1) is 18.4. The van der Waals surface area contributed by atoms with Crippen LogP contribution in [-0.4, -0.2) is 23.5 Å². The molecule has 3 amide bonds. The molecule has 0 spiro atoms. The van der Waals surface area contributed by atoms with Gasteiger partial charge in [-0.05, 0) is 72.8 Å². The molecule has 3 aromatic carbocycles. The van der Waals surface area contributed by atoms with E-state index in [1.165, 1.54) is 23.1 Å². The molecule has 0 aliphatic heterocycles. The average molecular weight is 542 g/mol. The molecule has 4 rings (SSSR count). The molecule has 4 aromatic rings. The number of carbonyl (C=O) groups is 3. The number of hydrogen-bond acceptors (Lipinski definition) is 5. The number of benzene rings is 3. The Morgan fingerprint density at radius 3 is 2.29 bits per heavy atom. The molecule has 0 aliphatic carbocycles. The van der Waals surface area contributed by atoms with Gasteiger partial charge in [0.2, 0.25) is 5.91 Å². The van der Waals surface area contributed by atoms with Crippen LogP contribution in [0.5, 0.6) is 0 Å². The van der Waals surface area contributed by atoms with Crippen LogP contribution in [0.1, 0.15) is 26.4 Å². The van der Waals surface area contributed by atoms with E-state index in [0.717, 1.165) is 26.6 Å². The van der Waals surface area contributed by atoms with Gasteiger partial charge in [-0.2, -0.15) is 0 Å². The fourth-order valence-corrected chi connectivity index (χ4v) is 5.07. The van der Waals surface area contributed by atoms with Crippen LogP contribution < -0.4 is 16.0 Å². The van der Waals surface area contributed by atoms with Crippen molar-refractivity contribution < 1.29 is 14.4 Å². The molecule has 6 nitrogen and oxygen atoms in total. The molecular formula is C30H27N3O3S2. The van der Waals surface area contributed by atoms with Crippen LogP contribution in [0.25, 0.3) is 6.08 Å². The molecule has 0 saturated carbocycles. The van der Waals surface area contributed by atoms with E-state index in [-0.39, 0.29) is 23.3 Å². The number of rotatable bonds is 9. The van der Waals surface area contributed by atoms with Crippen molar-refractivity contribution in [3.63, 3.8) is 0 Å². The standard InChI is InChI=1S/C30H27N3O3S2/c1-20-9-6-10-21(2)28(20)33-27(34)19-38-24-14-7-13-23(17-24)31-30(36)26(18-25-15-8-16-37-25)32-29(35)22-11-4-3-5-12-22/h3-18H,19H2,1-2H3,(H,31,36)(H,32,35)(H,33,34)/b26-18-. The first kappa shape index (κ1) is 26.9. The number of para-hydroxylation sites is 1. The summed E-state index contributed by atoms with van der Waals surface area (Å²) in [5.41, 5.74) is 4.00. The second kappa shape index (κ2) is 12.9. The van der Waals surface area contributed by atoms with Gasteiger partial charge in [0.1, 0.15) is 5.70 Å². The van der Waals surface area contributed by atoms with Gasteiger partial charge in [0.05, 0.1) is 5.75 Å². The zero-order valence-electron chi connectivity index (χ0n) is 21.0. The van der Waals surface area contributed by atoms with Gasteiger partial charge in [0.25, 0.3) is 11.8 Å². The van der Waals surface area contributed by atoms with Crippen LogP contribution in [0.3, 0.4) is 0 Å². The largest absolute Gasteiger partial charge is 0.325 e. The van der Waals surface area contributed by atoms with Crippen molar-refractivity contribution in [1.29, 1.82) is 0 Å². The van der Waals surface area contributed by atoms with E-state index >= 15 is 0 Å². The Labute approximate surface area is 230 Å². The summed E-state index contributed by atoms with van der Waals surface area (Å²) in [5.74, 6) is -0.700. The summed E-state index contributed by atoms with van der Waals surface area (Å²) in [5, 5.41) is 10.5. The summed E-state index contributed by atoms with van der Waals surface area (Å²) in [6.07, 6.45) is 1.65. The molecule has 1 aromatic heterocycles. The smallest absolute Gasteiger partial charge is 0.272 e. The zero-order valence-corrected chi connectivity index (χ0v) is 22.6. The number of thiophene rings is 1. The number of hydrogen-bond donors (Lipinski definition) is 3. The lowest BCUT2D eigenvalue weighted by molar-refractivity contribution is -0.114. The molecule has 1 heterocycles. The Hall–Kier alpha value is -4.14. The molecule has 0 atom stereocenters. The summed E-state index contributed by atoms with van der Waals surface area (Å²) in [6.45, 7) is 3.93. The van der Waals surface area contributed by atoms with Gasteiger partial charge in [0, 0.05) is 26.7 Å². The Kier molecular flexibility index (Phi) is 9.13. The minimum absolute atomic E-state index is 0.105. The number of anilines is 2. The highest BCUT2D eigenvalue weighted by Gasteiger charge is 2.16. The third-order valence-corrected chi connectivity index (χ3v) is 7.38. The summed E-state index contributed by atoms with van der Waals surface area (Å²) < 4.78 is 0. The van der Waals surface area contributed by atoms with Crippen molar-refractivity contribution in [3.8, 4) is 0 Å². The van der Waals surface area contributed by atoms with Crippen molar-refractivity contribution in [2.45, 2.75) is 18.7 Å². The van der Waals surface area contributed by atoms with E-state index in [1.807, 2.05) is 67.8 Å². The number of thioether (sulfide) groups is 1. The van der Waals surface area contributed by atoms with Crippen molar-refractivity contribution in [2.24, 2.45) is 0 Å². The van der Waals surface area contributed by atoms with Crippen LogP contribution in [0.15, 0.2) is 101 Å². The van der Waals surface area contributed by atoms with E-state index in [9.17, 15) is 14.4 Å². The Morgan fingerprint density at radius 2 is 1.58 bits per heavy atom. The Balaban J connectivity index is 1.42. The van der Waals surface area contributed by atoms with E-state index in [4.69, 9.17) is 0 Å². The monoisotopic (exact) mass is 541 g/mol. The number of aryl methyl sites for hydroxylation is 2. The Bertz CT molecular complexity index is 1450. The maximum absolute atomic E-state index is 13.2. The summed E-state index contributed by atoms with van der Waals surface area (Å²) in [6, 6.07) is 25.6. The summed E-state index contributed by atoms with van der Waals surface area (Å²) in [4.78, 5) is 40.2. The predicted octanol–water partition coefficient (Wildman–Crippen LogP) is 6.51. The molecule has 0 radical (unpaired) electrons. The van der Waals surface area contributed by atoms with Gasteiger partial charge >= 0.3 is 0 Å². The highest BCUT2D eigenvalue weighted by Crippen LogP contribution is 2.24. The molecule has 0 bridgehead atoms. The molecule has 0 saturated heterocycles. The van der Waals surface area contributed by atoms with Crippen molar-refractivity contribution in [1.82, 2.24) is 5.32 Å². The SMILES string of the molecule is Cc1cccc(C)c1NC(=O)CSc1cccc(NC(=O)/C(=C/c2cccs2)NC(=O)c2ccccc2)c1. The van der Waals surface area contributed by atoms with E-state index < -0.39 is 5.91 Å². The first-order valence-corrected chi connectivity index (χ1v) is 13.8. The van der Waals surface area contributed by atoms with Gasteiger partial charge in [-0.25, -0.2) is 0 Å². The predicted molar refractivity (Wildman–Crippen MR) is 157 cm³/mol. The van der Waals surface area contributed by atoms with Crippen LogP contribution in [-0.2, 0) is 9.59 Å². The molecule has 0 unspecified atom stereocenters. The second-order valence-corrected chi connectivity index (χ2v) is 10.5. The van der Waals surface area contributed by atoms with Crippen LogP contribution >= 0.6 is 23.1 Å². The van der Waals surface area contributed by atoms with Crippen molar-refractivity contribution in [3.05, 3.63) is 118 Å². The molecule has 192 valence electrons. The lowest BCUT2D eigenvalue weighted by atomic mass is 10.1. The third kappa shape index (κ3) is 7.44. The van der Waals surface area contributed by atoms with Gasteiger partial charge in [-0.15, -0.1) is 23.1 Å². The second-order valence-electron chi connectivity index (χ2n) is 8.48. The lowest BCUT2D eigenvalue weighted by Crippen LogP contribution is -2.30. The molecule has 0 aliphatic rings. The minimum atomic E-state index is -0.447. The maximum atomic E-state index is 13.2. The van der Waals surface area contributed by atoms with Gasteiger partial charge in [-0.3, -0.25) is 14.4 Å². The van der Waals surface area contributed by atoms with Crippen LogP contribution in [0.2, 0.25) is 0 Å². The van der Waals surface area contributed by atoms with E-state index in [0.29, 0.717) is 11.3 Å². The number of amides is 3. The molecule has 0 fully saturated rings. The molecular weight excluding hydrogens is 514 g/mol.